The molecule has 0 aromatic heterocycles. The maximum Gasteiger partial charge on any atom is 0.251 e. The average Bonchev–Trinajstić information content (AvgIpc) is 2.77. The third-order valence-electron chi connectivity index (χ3n) is 3.81. The van der Waals surface area contributed by atoms with Gasteiger partial charge in [0, 0.05) is 23.6 Å². The van der Waals surface area contributed by atoms with Gasteiger partial charge in [-0.05, 0) is 37.1 Å². The van der Waals surface area contributed by atoms with E-state index in [-0.39, 0.29) is 12.5 Å². The minimum Gasteiger partial charge on any atom is -0.395 e. The van der Waals surface area contributed by atoms with Crippen LogP contribution < -0.4 is 5.32 Å². The molecule has 0 heterocycles. The van der Waals surface area contributed by atoms with E-state index in [4.69, 9.17) is 5.11 Å². The molecule has 1 aliphatic rings. The molecule has 2 N–H and O–H groups in total. The summed E-state index contributed by atoms with van der Waals surface area (Å²) in [4.78, 5) is 12.2. The van der Waals surface area contributed by atoms with Crippen molar-refractivity contribution >= 4 is 5.91 Å². The van der Waals surface area contributed by atoms with Crippen molar-refractivity contribution in [2.24, 2.45) is 0 Å². The first-order valence-electron chi connectivity index (χ1n) is 7.80. The van der Waals surface area contributed by atoms with Crippen LogP contribution >= 0.6 is 0 Å². The standard InChI is InChI=1S/C18H23NO2/c20-14-6-5-7-15-10-12-16(13-11-15)18(21)19-17-8-3-1-2-4-9-17/h10-13,17,20H,1-4,6,8-9,14H2,(H,19,21). The molecule has 0 bridgehead atoms. The number of benzene rings is 1. The molecule has 0 aliphatic heterocycles. The van der Waals surface area contributed by atoms with Crippen LogP contribution in [0.2, 0.25) is 0 Å². The van der Waals surface area contributed by atoms with E-state index >= 15 is 0 Å². The smallest absolute Gasteiger partial charge is 0.251 e. The van der Waals surface area contributed by atoms with Crippen LogP contribution in [0.5, 0.6) is 0 Å². The molecule has 3 heteroatoms. The Kier molecular flexibility index (Phi) is 6.30. The highest BCUT2D eigenvalue weighted by Crippen LogP contribution is 2.17. The maximum atomic E-state index is 12.2. The molecule has 1 fully saturated rings. The summed E-state index contributed by atoms with van der Waals surface area (Å²) in [7, 11) is 0. The van der Waals surface area contributed by atoms with Crippen LogP contribution in [0.4, 0.5) is 0 Å². The Bertz CT molecular complexity index is 502. The van der Waals surface area contributed by atoms with Gasteiger partial charge in [-0.15, -0.1) is 0 Å². The number of carbonyl (C=O) groups excluding carboxylic acids is 1. The second kappa shape index (κ2) is 8.49. The molecule has 1 aliphatic carbocycles. The number of nitrogens with one attached hydrogen (secondary N) is 1. The number of carbonyl (C=O) groups is 1. The van der Waals surface area contributed by atoms with E-state index < -0.39 is 0 Å². The highest BCUT2D eigenvalue weighted by molar-refractivity contribution is 5.94. The summed E-state index contributed by atoms with van der Waals surface area (Å²) in [6, 6.07) is 7.66. The fourth-order valence-corrected chi connectivity index (χ4v) is 2.62. The van der Waals surface area contributed by atoms with Crippen molar-refractivity contribution in [3.8, 4) is 11.8 Å². The van der Waals surface area contributed by atoms with Crippen molar-refractivity contribution in [2.75, 3.05) is 6.61 Å². The van der Waals surface area contributed by atoms with Gasteiger partial charge in [-0.1, -0.05) is 37.5 Å². The van der Waals surface area contributed by atoms with Crippen LogP contribution in [-0.4, -0.2) is 23.7 Å². The Labute approximate surface area is 126 Å². The zero-order chi connectivity index (χ0) is 14.9. The van der Waals surface area contributed by atoms with E-state index in [0.717, 1.165) is 18.4 Å². The van der Waals surface area contributed by atoms with Gasteiger partial charge in [0.15, 0.2) is 0 Å². The van der Waals surface area contributed by atoms with E-state index in [2.05, 4.69) is 17.2 Å². The van der Waals surface area contributed by atoms with Gasteiger partial charge in [0.05, 0.1) is 6.61 Å². The molecule has 0 saturated heterocycles. The molecule has 1 amide bonds. The SMILES string of the molecule is O=C(NC1CCCCCC1)c1ccc(C#CCCO)cc1. The molecule has 2 rings (SSSR count). The van der Waals surface area contributed by atoms with Crippen LogP contribution in [0, 0.1) is 11.8 Å². The number of aliphatic hydroxyl groups is 1. The Balaban J connectivity index is 1.91. The zero-order valence-corrected chi connectivity index (χ0v) is 12.4. The van der Waals surface area contributed by atoms with Crippen molar-refractivity contribution in [2.45, 2.75) is 51.0 Å². The molecule has 0 atom stereocenters. The summed E-state index contributed by atoms with van der Waals surface area (Å²) in [6.07, 6.45) is 7.66. The summed E-state index contributed by atoms with van der Waals surface area (Å²) in [5, 5.41) is 11.8. The Morgan fingerprint density at radius 3 is 2.43 bits per heavy atom. The van der Waals surface area contributed by atoms with Crippen LogP contribution in [0.15, 0.2) is 24.3 Å². The van der Waals surface area contributed by atoms with Crippen LogP contribution in [0.25, 0.3) is 0 Å². The van der Waals surface area contributed by atoms with E-state index in [1.807, 2.05) is 24.3 Å². The van der Waals surface area contributed by atoms with Crippen molar-refractivity contribution < 1.29 is 9.90 Å². The summed E-state index contributed by atoms with van der Waals surface area (Å²) in [5.41, 5.74) is 1.56. The fourth-order valence-electron chi connectivity index (χ4n) is 2.62. The monoisotopic (exact) mass is 285 g/mol. The topological polar surface area (TPSA) is 49.3 Å². The van der Waals surface area contributed by atoms with E-state index in [1.54, 1.807) is 0 Å². The Hall–Kier alpha value is -1.79. The van der Waals surface area contributed by atoms with Gasteiger partial charge >= 0.3 is 0 Å². The summed E-state index contributed by atoms with van der Waals surface area (Å²) >= 11 is 0. The summed E-state index contributed by atoms with van der Waals surface area (Å²) < 4.78 is 0. The molecule has 112 valence electrons. The normalized spacial score (nSPS) is 15.7. The van der Waals surface area contributed by atoms with Crippen LogP contribution in [0.3, 0.4) is 0 Å². The molecule has 21 heavy (non-hydrogen) atoms. The zero-order valence-electron chi connectivity index (χ0n) is 12.4. The predicted molar refractivity (Wildman–Crippen MR) is 84.0 cm³/mol. The number of hydrogen-bond donors (Lipinski definition) is 2. The molecule has 0 spiro atoms. The number of hydrogen-bond acceptors (Lipinski definition) is 2. The third kappa shape index (κ3) is 5.24. The van der Waals surface area contributed by atoms with Gasteiger partial charge in [-0.2, -0.15) is 0 Å². The van der Waals surface area contributed by atoms with Gasteiger partial charge in [0.1, 0.15) is 0 Å². The first-order chi connectivity index (χ1) is 10.3. The molecule has 0 unspecified atom stereocenters. The van der Waals surface area contributed by atoms with Gasteiger partial charge in [0.25, 0.3) is 5.91 Å². The van der Waals surface area contributed by atoms with Gasteiger partial charge in [0.2, 0.25) is 0 Å². The minimum atomic E-state index is 0.0109. The molecule has 1 saturated carbocycles. The molecular weight excluding hydrogens is 262 g/mol. The van der Waals surface area contributed by atoms with Crippen LogP contribution in [0.1, 0.15) is 60.9 Å². The Morgan fingerprint density at radius 1 is 1.14 bits per heavy atom. The third-order valence-corrected chi connectivity index (χ3v) is 3.81. The van der Waals surface area contributed by atoms with Crippen molar-refractivity contribution in [1.29, 1.82) is 0 Å². The molecule has 1 aromatic carbocycles. The lowest BCUT2D eigenvalue weighted by atomic mass is 10.1. The second-order valence-electron chi connectivity index (χ2n) is 5.51. The first-order valence-corrected chi connectivity index (χ1v) is 7.80. The van der Waals surface area contributed by atoms with Crippen molar-refractivity contribution in [1.82, 2.24) is 5.32 Å². The Morgan fingerprint density at radius 2 is 1.81 bits per heavy atom. The first kappa shape index (κ1) is 15.6. The largest absolute Gasteiger partial charge is 0.395 e. The lowest BCUT2D eigenvalue weighted by Crippen LogP contribution is -2.34. The van der Waals surface area contributed by atoms with E-state index in [0.29, 0.717) is 18.0 Å². The van der Waals surface area contributed by atoms with Crippen molar-refractivity contribution in [3.63, 3.8) is 0 Å². The molecular formula is C18H23NO2. The summed E-state index contributed by atoms with van der Waals surface area (Å²) in [6.45, 7) is 0.0783. The van der Waals surface area contributed by atoms with E-state index in [9.17, 15) is 4.79 Å². The predicted octanol–water partition coefficient (Wildman–Crippen LogP) is 2.87. The van der Waals surface area contributed by atoms with Gasteiger partial charge in [-0.3, -0.25) is 4.79 Å². The molecule has 1 aromatic rings. The second-order valence-corrected chi connectivity index (χ2v) is 5.51. The quantitative estimate of drug-likeness (QED) is 0.663. The fraction of sp³-hybridized carbons (Fsp3) is 0.500. The lowest BCUT2D eigenvalue weighted by Gasteiger charge is -2.16. The number of rotatable bonds is 3. The average molecular weight is 285 g/mol. The highest BCUT2D eigenvalue weighted by atomic mass is 16.2. The van der Waals surface area contributed by atoms with Gasteiger partial charge in [-0.25, -0.2) is 0 Å². The van der Waals surface area contributed by atoms with Gasteiger partial charge < -0.3 is 10.4 Å². The van der Waals surface area contributed by atoms with E-state index in [1.165, 1.54) is 25.7 Å². The highest BCUT2D eigenvalue weighted by Gasteiger charge is 2.15. The van der Waals surface area contributed by atoms with Crippen molar-refractivity contribution in [3.05, 3.63) is 35.4 Å². The molecule has 3 nitrogen and oxygen atoms in total. The van der Waals surface area contributed by atoms with Crippen LogP contribution in [-0.2, 0) is 0 Å². The minimum absolute atomic E-state index is 0.0109. The number of aliphatic hydroxyl groups excluding tert-OH is 1. The number of amides is 1. The molecule has 0 radical (unpaired) electrons. The lowest BCUT2D eigenvalue weighted by molar-refractivity contribution is 0.0933. The summed E-state index contributed by atoms with van der Waals surface area (Å²) in [5.74, 6) is 5.84. The maximum absolute atomic E-state index is 12.2.